The van der Waals surface area contributed by atoms with Gasteiger partial charge in [0.25, 0.3) is 5.91 Å². The molecule has 0 aliphatic heterocycles. The molecule has 2 aromatic rings. The molecule has 2 aromatic carbocycles. The van der Waals surface area contributed by atoms with Crippen molar-refractivity contribution in [3.8, 4) is 0 Å². The van der Waals surface area contributed by atoms with Gasteiger partial charge in [-0.1, -0.05) is 24.3 Å². The maximum Gasteiger partial charge on any atom is 0.257 e. The summed E-state index contributed by atoms with van der Waals surface area (Å²) in [6, 6.07) is 13.1. The van der Waals surface area contributed by atoms with Gasteiger partial charge in [-0.25, -0.2) is 4.39 Å². The Labute approximate surface area is 104 Å². The molecule has 2 rings (SSSR count). The Hall–Kier alpha value is -2.40. The molecule has 4 nitrogen and oxygen atoms in total. The number of nitrogen functional groups attached to an aromatic ring is 1. The van der Waals surface area contributed by atoms with Crippen LogP contribution in [0, 0.1) is 5.82 Å². The lowest BCUT2D eigenvalue weighted by molar-refractivity contribution is 0.102. The SMILES string of the molecule is NNc1c(F)cccc1C(=O)Nc1ccccc1. The van der Waals surface area contributed by atoms with Gasteiger partial charge in [-0.3, -0.25) is 10.6 Å². The molecular weight excluding hydrogens is 233 g/mol. The highest BCUT2D eigenvalue weighted by Gasteiger charge is 2.14. The minimum Gasteiger partial charge on any atom is -0.322 e. The first-order chi connectivity index (χ1) is 8.72. The average molecular weight is 245 g/mol. The smallest absolute Gasteiger partial charge is 0.257 e. The van der Waals surface area contributed by atoms with Crippen LogP contribution < -0.4 is 16.6 Å². The van der Waals surface area contributed by atoms with Crippen molar-refractivity contribution in [1.29, 1.82) is 0 Å². The molecule has 0 aliphatic carbocycles. The maximum atomic E-state index is 13.4. The third-order valence-electron chi connectivity index (χ3n) is 2.43. The molecule has 0 fully saturated rings. The van der Waals surface area contributed by atoms with Gasteiger partial charge >= 0.3 is 0 Å². The highest BCUT2D eigenvalue weighted by molar-refractivity contribution is 6.08. The zero-order valence-corrected chi connectivity index (χ0v) is 9.48. The summed E-state index contributed by atoms with van der Waals surface area (Å²) in [4.78, 5) is 12.0. The lowest BCUT2D eigenvalue weighted by Crippen LogP contribution is -2.18. The predicted octanol–water partition coefficient (Wildman–Crippen LogP) is 2.36. The first-order valence-electron chi connectivity index (χ1n) is 5.34. The lowest BCUT2D eigenvalue weighted by atomic mass is 10.1. The van der Waals surface area contributed by atoms with Gasteiger partial charge in [0.15, 0.2) is 0 Å². The molecule has 0 saturated heterocycles. The molecule has 0 saturated carbocycles. The van der Waals surface area contributed by atoms with Crippen LogP contribution in [0.3, 0.4) is 0 Å². The Balaban J connectivity index is 2.27. The van der Waals surface area contributed by atoms with E-state index in [9.17, 15) is 9.18 Å². The van der Waals surface area contributed by atoms with E-state index in [0.717, 1.165) is 0 Å². The van der Waals surface area contributed by atoms with Gasteiger partial charge in [0.1, 0.15) is 5.82 Å². The van der Waals surface area contributed by atoms with Gasteiger partial charge in [0.05, 0.1) is 11.3 Å². The van der Waals surface area contributed by atoms with Crippen LogP contribution in [0.25, 0.3) is 0 Å². The fraction of sp³-hybridized carbons (Fsp3) is 0. The van der Waals surface area contributed by atoms with Gasteiger partial charge in [0.2, 0.25) is 0 Å². The van der Waals surface area contributed by atoms with Crippen molar-refractivity contribution in [1.82, 2.24) is 0 Å². The first-order valence-corrected chi connectivity index (χ1v) is 5.34. The summed E-state index contributed by atoms with van der Waals surface area (Å²) in [7, 11) is 0. The van der Waals surface area contributed by atoms with Gasteiger partial charge in [0, 0.05) is 5.69 Å². The summed E-state index contributed by atoms with van der Waals surface area (Å²) in [5.74, 6) is 4.22. The molecule has 0 aliphatic rings. The third-order valence-corrected chi connectivity index (χ3v) is 2.43. The highest BCUT2D eigenvalue weighted by Crippen LogP contribution is 2.20. The summed E-state index contributed by atoms with van der Waals surface area (Å²) < 4.78 is 13.4. The number of hydrogen-bond donors (Lipinski definition) is 3. The first kappa shape index (κ1) is 12.1. The molecule has 92 valence electrons. The molecule has 0 heterocycles. The van der Waals surface area contributed by atoms with Crippen molar-refractivity contribution in [2.24, 2.45) is 5.84 Å². The molecule has 0 spiro atoms. The third kappa shape index (κ3) is 2.46. The summed E-state index contributed by atoms with van der Waals surface area (Å²) in [6.07, 6.45) is 0. The lowest BCUT2D eigenvalue weighted by Gasteiger charge is -2.10. The Kier molecular flexibility index (Phi) is 3.54. The van der Waals surface area contributed by atoms with E-state index in [4.69, 9.17) is 5.84 Å². The minimum atomic E-state index is -0.571. The Bertz CT molecular complexity index is 557. The zero-order valence-electron chi connectivity index (χ0n) is 9.48. The van der Waals surface area contributed by atoms with Crippen LogP contribution in [-0.4, -0.2) is 5.91 Å². The summed E-state index contributed by atoms with van der Waals surface area (Å²) in [5.41, 5.74) is 2.96. The molecule has 4 N–H and O–H groups in total. The Morgan fingerprint density at radius 2 is 1.78 bits per heavy atom. The summed E-state index contributed by atoms with van der Waals surface area (Å²) in [6.45, 7) is 0. The van der Waals surface area contributed by atoms with E-state index in [1.165, 1.54) is 18.2 Å². The van der Waals surface area contributed by atoms with Gasteiger partial charge in [-0.2, -0.15) is 0 Å². The van der Waals surface area contributed by atoms with E-state index in [0.29, 0.717) is 5.69 Å². The number of halogens is 1. The van der Waals surface area contributed by atoms with Crippen LogP contribution >= 0.6 is 0 Å². The second kappa shape index (κ2) is 5.29. The van der Waals surface area contributed by atoms with Crippen molar-refractivity contribution < 1.29 is 9.18 Å². The van der Waals surface area contributed by atoms with Crippen molar-refractivity contribution in [2.45, 2.75) is 0 Å². The number of amides is 1. The van der Waals surface area contributed by atoms with Crippen molar-refractivity contribution in [2.75, 3.05) is 10.7 Å². The summed E-state index contributed by atoms with van der Waals surface area (Å²) >= 11 is 0. The van der Waals surface area contributed by atoms with Gasteiger partial charge in [-0.15, -0.1) is 0 Å². The normalized spacial score (nSPS) is 9.89. The molecule has 0 radical (unpaired) electrons. The van der Waals surface area contributed by atoms with Crippen LogP contribution in [0.2, 0.25) is 0 Å². The second-order valence-corrected chi connectivity index (χ2v) is 3.63. The second-order valence-electron chi connectivity index (χ2n) is 3.63. The molecule has 0 atom stereocenters. The average Bonchev–Trinajstić information content (AvgIpc) is 2.39. The van der Waals surface area contributed by atoms with Gasteiger partial charge < -0.3 is 10.7 Å². The molecule has 0 aromatic heterocycles. The number of hydrazine groups is 1. The van der Waals surface area contributed by atoms with E-state index >= 15 is 0 Å². The van der Waals surface area contributed by atoms with Gasteiger partial charge in [-0.05, 0) is 24.3 Å². The standard InChI is InChI=1S/C13H12FN3O/c14-11-8-4-7-10(12(11)17-15)13(18)16-9-5-2-1-3-6-9/h1-8,17H,15H2,(H,16,18). The fourth-order valence-corrected chi connectivity index (χ4v) is 1.58. The minimum absolute atomic E-state index is 0.0223. The molecular formula is C13H12FN3O. The van der Waals surface area contributed by atoms with E-state index in [1.54, 1.807) is 24.3 Å². The Morgan fingerprint density at radius 1 is 1.06 bits per heavy atom. The van der Waals surface area contributed by atoms with Crippen molar-refractivity contribution in [3.05, 3.63) is 59.9 Å². The number of nitrogens with one attached hydrogen (secondary N) is 2. The monoisotopic (exact) mass is 245 g/mol. The molecule has 1 amide bonds. The van der Waals surface area contributed by atoms with Crippen LogP contribution in [0.4, 0.5) is 15.8 Å². The molecule has 0 bridgehead atoms. The number of benzene rings is 2. The number of carbonyl (C=O) groups excluding carboxylic acids is 1. The van der Waals surface area contributed by atoms with E-state index in [1.807, 2.05) is 6.07 Å². The number of nitrogens with two attached hydrogens (primary N) is 1. The Morgan fingerprint density at radius 3 is 2.44 bits per heavy atom. The van der Waals surface area contributed by atoms with Crippen LogP contribution in [0.1, 0.15) is 10.4 Å². The van der Waals surface area contributed by atoms with E-state index in [-0.39, 0.29) is 11.3 Å². The zero-order chi connectivity index (χ0) is 13.0. The van der Waals surface area contributed by atoms with Crippen molar-refractivity contribution in [3.63, 3.8) is 0 Å². The number of para-hydroxylation sites is 2. The number of hydrogen-bond acceptors (Lipinski definition) is 3. The van der Waals surface area contributed by atoms with E-state index in [2.05, 4.69) is 10.7 Å². The molecule has 5 heteroatoms. The number of anilines is 2. The largest absolute Gasteiger partial charge is 0.322 e. The fourth-order valence-electron chi connectivity index (χ4n) is 1.58. The van der Waals surface area contributed by atoms with Crippen LogP contribution in [0.15, 0.2) is 48.5 Å². The van der Waals surface area contributed by atoms with E-state index < -0.39 is 11.7 Å². The maximum absolute atomic E-state index is 13.4. The van der Waals surface area contributed by atoms with Crippen molar-refractivity contribution >= 4 is 17.3 Å². The van der Waals surface area contributed by atoms with Crippen LogP contribution in [0.5, 0.6) is 0 Å². The highest BCUT2D eigenvalue weighted by atomic mass is 19.1. The quantitative estimate of drug-likeness (QED) is 0.574. The molecule has 18 heavy (non-hydrogen) atoms. The number of rotatable bonds is 3. The topological polar surface area (TPSA) is 67.1 Å². The number of carbonyl (C=O) groups is 1. The van der Waals surface area contributed by atoms with Crippen LogP contribution in [-0.2, 0) is 0 Å². The predicted molar refractivity (Wildman–Crippen MR) is 68.6 cm³/mol. The summed E-state index contributed by atoms with van der Waals surface area (Å²) in [5, 5.41) is 2.66. The molecule has 0 unspecified atom stereocenters.